The van der Waals surface area contributed by atoms with Crippen molar-refractivity contribution in [3.8, 4) is 5.75 Å². The molecule has 26 heavy (non-hydrogen) atoms. The number of ether oxygens (including phenoxy) is 2. The summed E-state index contributed by atoms with van der Waals surface area (Å²) in [6.45, 7) is 1.33. The van der Waals surface area contributed by atoms with Crippen LogP contribution in [-0.4, -0.2) is 37.7 Å². The average Bonchev–Trinajstić information content (AvgIpc) is 3.19. The second-order valence-electron chi connectivity index (χ2n) is 6.43. The third-order valence-corrected chi connectivity index (χ3v) is 4.58. The van der Waals surface area contributed by atoms with E-state index in [0.29, 0.717) is 29.3 Å². The summed E-state index contributed by atoms with van der Waals surface area (Å²) < 4.78 is 11.3. The standard InChI is InChI=1S/C20H20N2O4/c23-19-12-22(18-6-2-1-5-17(18)21-19)20(24)14-7-9-15(10-8-14)26-13-16-4-3-11-25-16/h1-2,5-10,16H,3-4,11-13H2,(H,21,23)/t16-/m1/s1. The minimum absolute atomic E-state index is 0.00706. The molecule has 6 nitrogen and oxygen atoms in total. The van der Waals surface area contributed by atoms with Gasteiger partial charge in [0.05, 0.1) is 17.5 Å². The van der Waals surface area contributed by atoms with Crippen molar-refractivity contribution in [1.29, 1.82) is 0 Å². The summed E-state index contributed by atoms with van der Waals surface area (Å²) in [5.74, 6) is 0.292. The molecule has 2 aliphatic heterocycles. The number of benzene rings is 2. The number of fused-ring (bicyclic) bond motifs is 1. The lowest BCUT2D eigenvalue weighted by Gasteiger charge is -2.29. The van der Waals surface area contributed by atoms with Crippen molar-refractivity contribution in [2.75, 3.05) is 30.0 Å². The Morgan fingerprint density at radius 3 is 2.77 bits per heavy atom. The number of amides is 2. The largest absolute Gasteiger partial charge is 0.491 e. The van der Waals surface area contributed by atoms with E-state index in [1.54, 1.807) is 30.3 Å². The van der Waals surface area contributed by atoms with Gasteiger partial charge in [0.15, 0.2) is 0 Å². The lowest BCUT2D eigenvalue weighted by atomic mass is 10.1. The average molecular weight is 352 g/mol. The first kappa shape index (κ1) is 16.6. The highest BCUT2D eigenvalue weighted by Gasteiger charge is 2.27. The van der Waals surface area contributed by atoms with Gasteiger partial charge in [-0.15, -0.1) is 0 Å². The number of nitrogens with zero attached hydrogens (tertiary/aromatic N) is 1. The lowest BCUT2D eigenvalue weighted by Crippen LogP contribution is -2.42. The van der Waals surface area contributed by atoms with Crippen molar-refractivity contribution in [3.63, 3.8) is 0 Å². The van der Waals surface area contributed by atoms with E-state index in [2.05, 4.69) is 5.32 Å². The molecule has 2 aromatic rings. The summed E-state index contributed by atoms with van der Waals surface area (Å²) in [5.41, 5.74) is 1.86. The summed E-state index contributed by atoms with van der Waals surface area (Å²) >= 11 is 0. The minimum Gasteiger partial charge on any atom is -0.491 e. The van der Waals surface area contributed by atoms with Crippen molar-refractivity contribution in [3.05, 3.63) is 54.1 Å². The number of anilines is 2. The van der Waals surface area contributed by atoms with Gasteiger partial charge in [-0.2, -0.15) is 0 Å². The van der Waals surface area contributed by atoms with Crippen LogP contribution in [0, 0.1) is 0 Å². The van der Waals surface area contributed by atoms with Crippen LogP contribution >= 0.6 is 0 Å². The maximum absolute atomic E-state index is 12.9. The summed E-state index contributed by atoms with van der Waals surface area (Å²) in [7, 11) is 0. The zero-order chi connectivity index (χ0) is 17.9. The molecule has 2 aliphatic rings. The van der Waals surface area contributed by atoms with Gasteiger partial charge in [0.25, 0.3) is 5.91 Å². The molecule has 6 heteroatoms. The van der Waals surface area contributed by atoms with E-state index in [4.69, 9.17) is 9.47 Å². The molecular weight excluding hydrogens is 332 g/mol. The van der Waals surface area contributed by atoms with Gasteiger partial charge in [0.1, 0.15) is 18.9 Å². The van der Waals surface area contributed by atoms with E-state index in [1.165, 1.54) is 4.90 Å². The molecule has 2 amide bonds. The summed E-state index contributed by atoms with van der Waals surface area (Å²) in [6.07, 6.45) is 2.25. The number of carbonyl (C=O) groups is 2. The van der Waals surface area contributed by atoms with Crippen LogP contribution in [0.1, 0.15) is 23.2 Å². The van der Waals surface area contributed by atoms with Gasteiger partial charge in [-0.3, -0.25) is 14.5 Å². The first-order valence-corrected chi connectivity index (χ1v) is 8.76. The first-order chi connectivity index (χ1) is 12.7. The number of hydrogen-bond acceptors (Lipinski definition) is 4. The fraction of sp³-hybridized carbons (Fsp3) is 0.300. The summed E-state index contributed by atoms with van der Waals surface area (Å²) in [6, 6.07) is 14.3. The van der Waals surface area contributed by atoms with Crippen LogP contribution in [0.3, 0.4) is 0 Å². The quantitative estimate of drug-likeness (QED) is 0.919. The van der Waals surface area contributed by atoms with Crippen LogP contribution in [0.15, 0.2) is 48.5 Å². The molecule has 1 saturated heterocycles. The molecule has 0 unspecified atom stereocenters. The Hall–Kier alpha value is -2.86. The van der Waals surface area contributed by atoms with E-state index in [0.717, 1.165) is 19.4 Å². The molecule has 0 aromatic heterocycles. The van der Waals surface area contributed by atoms with E-state index in [-0.39, 0.29) is 24.5 Å². The van der Waals surface area contributed by atoms with Crippen molar-refractivity contribution in [2.24, 2.45) is 0 Å². The van der Waals surface area contributed by atoms with Crippen molar-refractivity contribution in [1.82, 2.24) is 0 Å². The lowest BCUT2D eigenvalue weighted by molar-refractivity contribution is -0.115. The zero-order valence-electron chi connectivity index (χ0n) is 14.3. The normalized spacial score (nSPS) is 19.0. The predicted molar refractivity (Wildman–Crippen MR) is 97.7 cm³/mol. The second-order valence-corrected chi connectivity index (χ2v) is 6.43. The Kier molecular flexibility index (Phi) is 4.58. The third kappa shape index (κ3) is 3.41. The number of rotatable bonds is 4. The van der Waals surface area contributed by atoms with E-state index >= 15 is 0 Å². The summed E-state index contributed by atoms with van der Waals surface area (Å²) in [4.78, 5) is 26.3. The molecule has 0 radical (unpaired) electrons. The van der Waals surface area contributed by atoms with E-state index < -0.39 is 0 Å². The monoisotopic (exact) mass is 352 g/mol. The van der Waals surface area contributed by atoms with E-state index in [9.17, 15) is 9.59 Å². The number of nitrogens with one attached hydrogen (secondary N) is 1. The molecule has 0 spiro atoms. The number of carbonyl (C=O) groups excluding carboxylic acids is 2. The van der Waals surface area contributed by atoms with Gasteiger partial charge in [-0.25, -0.2) is 0 Å². The molecule has 134 valence electrons. The van der Waals surface area contributed by atoms with Crippen LogP contribution in [0.5, 0.6) is 5.75 Å². The van der Waals surface area contributed by atoms with Crippen LogP contribution in [0.25, 0.3) is 0 Å². The molecule has 1 N–H and O–H groups in total. The SMILES string of the molecule is O=C1CN(C(=O)c2ccc(OC[C@H]3CCCO3)cc2)c2ccccc2N1. The van der Waals surface area contributed by atoms with Gasteiger partial charge < -0.3 is 14.8 Å². The first-order valence-electron chi connectivity index (χ1n) is 8.76. The molecule has 2 heterocycles. The molecular formula is C20H20N2O4. The van der Waals surface area contributed by atoms with Crippen LogP contribution in [0.4, 0.5) is 11.4 Å². The molecule has 0 bridgehead atoms. The predicted octanol–water partition coefficient (Wildman–Crippen LogP) is 2.84. The molecule has 2 aromatic carbocycles. The van der Waals surface area contributed by atoms with Crippen molar-refractivity contribution < 1.29 is 19.1 Å². The van der Waals surface area contributed by atoms with Crippen LogP contribution in [0.2, 0.25) is 0 Å². The highest BCUT2D eigenvalue weighted by molar-refractivity contribution is 6.15. The molecule has 0 aliphatic carbocycles. The maximum Gasteiger partial charge on any atom is 0.258 e. The number of hydrogen-bond donors (Lipinski definition) is 1. The second kappa shape index (κ2) is 7.17. The zero-order valence-corrected chi connectivity index (χ0v) is 14.3. The molecule has 0 saturated carbocycles. The maximum atomic E-state index is 12.9. The van der Waals surface area contributed by atoms with Gasteiger partial charge in [-0.1, -0.05) is 12.1 Å². The highest BCUT2D eigenvalue weighted by atomic mass is 16.5. The Labute approximate surface area is 151 Å². The van der Waals surface area contributed by atoms with Crippen LogP contribution in [-0.2, 0) is 9.53 Å². The van der Waals surface area contributed by atoms with Crippen molar-refractivity contribution in [2.45, 2.75) is 18.9 Å². The van der Waals surface area contributed by atoms with E-state index in [1.807, 2.05) is 18.2 Å². The molecule has 4 rings (SSSR count). The summed E-state index contributed by atoms with van der Waals surface area (Å²) in [5, 5.41) is 2.78. The Morgan fingerprint density at radius 1 is 1.19 bits per heavy atom. The fourth-order valence-electron chi connectivity index (χ4n) is 3.23. The van der Waals surface area contributed by atoms with Gasteiger partial charge in [-0.05, 0) is 49.2 Å². The van der Waals surface area contributed by atoms with Gasteiger partial charge in [0.2, 0.25) is 5.91 Å². The van der Waals surface area contributed by atoms with Crippen molar-refractivity contribution >= 4 is 23.2 Å². The fourth-order valence-corrected chi connectivity index (χ4v) is 3.23. The van der Waals surface area contributed by atoms with Crippen LogP contribution < -0.4 is 15.0 Å². The Bertz CT molecular complexity index is 813. The Balaban J connectivity index is 1.47. The molecule has 1 atom stereocenters. The van der Waals surface area contributed by atoms with Gasteiger partial charge in [0, 0.05) is 12.2 Å². The molecule has 1 fully saturated rings. The Morgan fingerprint density at radius 2 is 2.00 bits per heavy atom. The highest BCUT2D eigenvalue weighted by Crippen LogP contribution is 2.30. The number of para-hydroxylation sites is 2. The smallest absolute Gasteiger partial charge is 0.258 e. The van der Waals surface area contributed by atoms with Gasteiger partial charge >= 0.3 is 0 Å². The third-order valence-electron chi connectivity index (χ3n) is 4.58. The minimum atomic E-state index is -0.210. The topological polar surface area (TPSA) is 67.9 Å².